The van der Waals surface area contributed by atoms with Crippen LogP contribution in [0.5, 0.6) is 0 Å². The number of piperidine rings is 1. The fourth-order valence-electron chi connectivity index (χ4n) is 6.11. The minimum atomic E-state index is -0.735. The zero-order valence-electron chi connectivity index (χ0n) is 27.1. The van der Waals surface area contributed by atoms with Crippen molar-refractivity contribution < 1.29 is 19.5 Å². The zero-order chi connectivity index (χ0) is 34.6. The molecule has 1 aliphatic heterocycles. The molecule has 0 aliphatic carbocycles. The number of pyridine rings is 1. The van der Waals surface area contributed by atoms with Gasteiger partial charge in [0.15, 0.2) is 0 Å². The molecule has 0 radical (unpaired) electrons. The number of hydrogen-bond donors (Lipinski definition) is 1. The molecule has 0 unspecified atom stereocenters. The first-order chi connectivity index (χ1) is 22.8. The molecule has 1 N–H and O–H groups in total. The Morgan fingerprint density at radius 2 is 1.35 bits per heavy atom. The van der Waals surface area contributed by atoms with Gasteiger partial charge in [0.05, 0.1) is 26.4 Å². The Labute approximate surface area is 276 Å². The summed E-state index contributed by atoms with van der Waals surface area (Å²) in [7, 11) is 0. The molecule has 6 aromatic rings. The fraction of sp³-hybridized carbons (Fsp3) is 0.243. The number of para-hydroxylation sites is 2. The van der Waals surface area contributed by atoms with E-state index in [4.69, 9.17) is 4.42 Å². The molecule has 7 rings (SSSR count). The van der Waals surface area contributed by atoms with Gasteiger partial charge in [0.25, 0.3) is 0 Å². The molecule has 1 fully saturated rings. The average Bonchev–Trinajstić information content (AvgIpc) is 3.06. The van der Waals surface area contributed by atoms with Crippen molar-refractivity contribution >= 4 is 44.1 Å². The third-order valence-electron chi connectivity index (χ3n) is 8.47. The lowest BCUT2D eigenvalue weighted by Gasteiger charge is -2.48. The number of benzene rings is 4. The summed E-state index contributed by atoms with van der Waals surface area (Å²) in [5.74, 6) is 0. The molecule has 0 spiro atoms. The summed E-state index contributed by atoms with van der Waals surface area (Å²) in [6, 6.07) is 29.5. The SMILES string of the molecule is CC1(C)CCCC(C)(C)N1O.O=[N+]([O-])c1cc2nc3ccccc3cc2c(-c2ccccc2)c1[N+](=O)[O-].O=c1ccc2ccccc2o1. The first-order valence-electron chi connectivity index (χ1n) is 15.5. The Morgan fingerprint density at radius 1 is 0.750 bits per heavy atom. The lowest BCUT2D eigenvalue weighted by atomic mass is 9.82. The summed E-state index contributed by atoms with van der Waals surface area (Å²) in [6.45, 7) is 8.36. The van der Waals surface area contributed by atoms with E-state index in [0.29, 0.717) is 27.6 Å². The predicted molar refractivity (Wildman–Crippen MR) is 186 cm³/mol. The smallest absolute Gasteiger partial charge is 0.354 e. The summed E-state index contributed by atoms with van der Waals surface area (Å²) in [4.78, 5) is 37.0. The number of rotatable bonds is 3. The summed E-state index contributed by atoms with van der Waals surface area (Å²) >= 11 is 0. The van der Waals surface area contributed by atoms with Gasteiger partial charge in [-0.25, -0.2) is 9.78 Å². The van der Waals surface area contributed by atoms with E-state index in [1.165, 1.54) is 23.6 Å². The van der Waals surface area contributed by atoms with Crippen LogP contribution in [0, 0.1) is 20.2 Å². The Hall–Kier alpha value is -5.52. The Morgan fingerprint density at radius 3 is 1.98 bits per heavy atom. The molecule has 0 bridgehead atoms. The van der Waals surface area contributed by atoms with Crippen molar-refractivity contribution in [2.45, 2.75) is 58.0 Å². The molecule has 0 amide bonds. The molecule has 11 heteroatoms. The van der Waals surface area contributed by atoms with Gasteiger partial charge in [-0.15, -0.1) is 0 Å². The highest BCUT2D eigenvalue weighted by molar-refractivity contribution is 6.06. The van der Waals surface area contributed by atoms with Crippen LogP contribution in [0.25, 0.3) is 43.9 Å². The van der Waals surface area contributed by atoms with Gasteiger partial charge in [-0.05, 0) is 76.8 Å². The second-order valence-electron chi connectivity index (χ2n) is 12.8. The van der Waals surface area contributed by atoms with E-state index >= 15 is 0 Å². The van der Waals surface area contributed by atoms with Gasteiger partial charge < -0.3 is 9.62 Å². The summed E-state index contributed by atoms with van der Waals surface area (Å²) in [5.41, 5.74) is 0.924. The quantitative estimate of drug-likeness (QED) is 0.0856. The number of hydroxylamine groups is 2. The second kappa shape index (κ2) is 13.7. The molecule has 1 aliphatic rings. The van der Waals surface area contributed by atoms with Crippen molar-refractivity contribution in [2.24, 2.45) is 0 Å². The van der Waals surface area contributed by atoms with Crippen LogP contribution in [0.1, 0.15) is 47.0 Å². The Bertz CT molecular complexity index is 2160. The highest BCUT2D eigenvalue weighted by Crippen LogP contribution is 2.43. The van der Waals surface area contributed by atoms with Crippen LogP contribution in [0.3, 0.4) is 0 Å². The van der Waals surface area contributed by atoms with Crippen LogP contribution in [-0.2, 0) is 0 Å². The zero-order valence-corrected chi connectivity index (χ0v) is 27.1. The van der Waals surface area contributed by atoms with E-state index in [-0.39, 0.29) is 22.3 Å². The van der Waals surface area contributed by atoms with Gasteiger partial charge in [-0.1, -0.05) is 66.7 Å². The van der Waals surface area contributed by atoms with E-state index in [2.05, 4.69) is 32.7 Å². The normalized spacial score (nSPS) is 15.2. The van der Waals surface area contributed by atoms with Gasteiger partial charge in [-0.2, -0.15) is 5.06 Å². The topological polar surface area (TPSA) is 153 Å². The Balaban J connectivity index is 0.000000168. The second-order valence-corrected chi connectivity index (χ2v) is 12.8. The number of hydrogen-bond acceptors (Lipinski definition) is 9. The van der Waals surface area contributed by atoms with Crippen LogP contribution in [-0.4, -0.2) is 36.2 Å². The maximum Gasteiger partial charge on any atom is 0.354 e. The molecule has 3 heterocycles. The van der Waals surface area contributed by atoms with Gasteiger partial charge in [0.2, 0.25) is 0 Å². The standard InChI is InChI=1S/C19H11N3O4.C9H19NO.C9H6O2/c23-21(24)17-11-16-14(10-13-8-4-5-9-15(13)20-16)18(19(17)22(25)26)12-6-2-1-3-7-12;1-8(2)6-5-7-9(3,4)10(8)11;10-9-6-5-7-3-1-2-4-8(7)11-9/h1-11H;11H,5-7H2,1-4H3;1-6H. The highest BCUT2D eigenvalue weighted by Gasteiger charge is 2.40. The van der Waals surface area contributed by atoms with E-state index in [0.717, 1.165) is 23.6 Å². The molecule has 0 atom stereocenters. The average molecular weight is 649 g/mol. The molecule has 0 saturated carbocycles. The molecule has 4 aromatic carbocycles. The Kier molecular flexibility index (Phi) is 9.64. The number of fused-ring (bicyclic) bond motifs is 3. The minimum Gasteiger partial charge on any atom is -0.423 e. The number of nitrogens with zero attached hydrogens (tertiary/aromatic N) is 4. The van der Waals surface area contributed by atoms with Crippen molar-refractivity contribution in [1.29, 1.82) is 0 Å². The summed E-state index contributed by atoms with van der Waals surface area (Å²) in [6.07, 6.45) is 3.40. The van der Waals surface area contributed by atoms with Crippen molar-refractivity contribution in [3.8, 4) is 11.1 Å². The van der Waals surface area contributed by atoms with Crippen LogP contribution in [0.4, 0.5) is 11.4 Å². The van der Waals surface area contributed by atoms with Crippen molar-refractivity contribution in [2.75, 3.05) is 0 Å². The van der Waals surface area contributed by atoms with Crippen LogP contribution in [0.2, 0.25) is 0 Å². The third-order valence-corrected chi connectivity index (χ3v) is 8.47. The number of nitro groups is 2. The molecular weight excluding hydrogens is 612 g/mol. The van der Waals surface area contributed by atoms with Crippen LogP contribution < -0.4 is 5.63 Å². The molecule has 1 saturated heterocycles. The van der Waals surface area contributed by atoms with E-state index in [1.54, 1.807) is 54.6 Å². The molecule has 2 aromatic heterocycles. The predicted octanol–water partition coefficient (Wildman–Crippen LogP) is 9.08. The summed E-state index contributed by atoms with van der Waals surface area (Å²) in [5, 5.41) is 36.8. The minimum absolute atomic E-state index is 0.0399. The maximum absolute atomic E-state index is 11.7. The van der Waals surface area contributed by atoms with Crippen molar-refractivity contribution in [3.05, 3.63) is 134 Å². The van der Waals surface area contributed by atoms with Gasteiger partial charge in [0, 0.05) is 39.4 Å². The van der Waals surface area contributed by atoms with Gasteiger partial charge in [-0.3, -0.25) is 20.2 Å². The van der Waals surface area contributed by atoms with Crippen molar-refractivity contribution in [3.63, 3.8) is 0 Å². The summed E-state index contributed by atoms with van der Waals surface area (Å²) < 4.78 is 4.91. The largest absolute Gasteiger partial charge is 0.423 e. The van der Waals surface area contributed by atoms with Gasteiger partial charge in [0.1, 0.15) is 5.58 Å². The monoisotopic (exact) mass is 648 g/mol. The lowest BCUT2D eigenvalue weighted by molar-refractivity contribution is -0.421. The molecule has 11 nitrogen and oxygen atoms in total. The number of nitro benzene ring substituents is 2. The van der Waals surface area contributed by atoms with Gasteiger partial charge >= 0.3 is 17.0 Å². The molecular formula is C37H36N4O7. The third kappa shape index (κ3) is 7.22. The van der Waals surface area contributed by atoms with Crippen LogP contribution >= 0.6 is 0 Å². The first-order valence-corrected chi connectivity index (χ1v) is 15.5. The maximum atomic E-state index is 11.7. The van der Waals surface area contributed by atoms with Crippen LogP contribution in [0.15, 0.2) is 112 Å². The van der Waals surface area contributed by atoms with E-state index < -0.39 is 21.2 Å². The fourth-order valence-corrected chi connectivity index (χ4v) is 6.11. The first kappa shape index (κ1) is 33.8. The lowest BCUT2D eigenvalue weighted by Crippen LogP contribution is -2.56. The molecule has 246 valence electrons. The van der Waals surface area contributed by atoms with E-state index in [1.807, 2.05) is 36.4 Å². The molecule has 48 heavy (non-hydrogen) atoms. The highest BCUT2D eigenvalue weighted by atomic mass is 16.6. The van der Waals surface area contributed by atoms with Crippen molar-refractivity contribution in [1.82, 2.24) is 10.0 Å². The van der Waals surface area contributed by atoms with E-state index in [9.17, 15) is 30.2 Å². The number of aromatic nitrogens is 1.